The summed E-state index contributed by atoms with van der Waals surface area (Å²) in [6.45, 7) is 1.80. The number of aromatic carboxylic acids is 4. The van der Waals surface area contributed by atoms with Gasteiger partial charge in [0.25, 0.3) is 0 Å². The lowest BCUT2D eigenvalue weighted by Crippen LogP contribution is -2.14. The SMILES string of the molecule is COc1ccc(C(=O)O)cc1S(=O)(=O)Cc1cc(C(F)(F)F)c(F)cc1-n1cccc1.Cc1oncc1-c1ccc(C2=CC=C(Cl)C2)c(CS(=O)(=O)c2cc(C(=O)O)ccc2C2CC2)c1.N#Cc1ccc(-c2cccnn2)c(CS(=O)(=O)c2cc(C(=O)O)ccc2C2CC2)c1.N#Cc1ccc(-c2nccs2)c(CS(=O)(=O)c2cc(C(=O)O)ccc2C2CC2)c1. The number of rotatable bonds is 25. The quantitative estimate of drug-likeness (QED) is 0.0386. The van der Waals surface area contributed by atoms with Crippen LogP contribution < -0.4 is 4.74 Å². The van der Waals surface area contributed by atoms with Gasteiger partial charge in [0.05, 0.1) is 113 Å². The minimum atomic E-state index is -5.04. The zero-order valence-electron chi connectivity index (χ0n) is 65.3. The van der Waals surface area contributed by atoms with Crippen LogP contribution >= 0.6 is 22.9 Å². The molecule has 16 rings (SSSR count). The summed E-state index contributed by atoms with van der Waals surface area (Å²) in [6.07, 6.45) is 12.2. The van der Waals surface area contributed by atoms with Crippen LogP contribution in [-0.4, -0.2) is 110 Å². The molecule has 0 aliphatic heterocycles. The maximum absolute atomic E-state index is 14.2. The highest BCUT2D eigenvalue weighted by Gasteiger charge is 2.39. The molecule has 0 atom stereocenters. The number of carboxylic acid groups (broad SMARTS) is 4. The van der Waals surface area contributed by atoms with Crippen molar-refractivity contribution in [1.29, 1.82) is 10.5 Å². The number of alkyl halides is 3. The number of carboxylic acids is 4. The van der Waals surface area contributed by atoms with E-state index in [1.807, 2.05) is 42.5 Å². The Hall–Kier alpha value is -13.1. The van der Waals surface area contributed by atoms with E-state index in [2.05, 4.69) is 20.3 Å². The molecular formula is C89H70ClF4N7O18S5. The Labute approximate surface area is 716 Å². The third kappa shape index (κ3) is 20.6. The van der Waals surface area contributed by atoms with Crippen molar-refractivity contribution in [3.05, 3.63) is 312 Å². The second kappa shape index (κ2) is 36.5. The predicted molar refractivity (Wildman–Crippen MR) is 448 cm³/mol. The van der Waals surface area contributed by atoms with E-state index < -0.39 is 91.4 Å². The van der Waals surface area contributed by atoms with Gasteiger partial charge >= 0.3 is 30.1 Å². The van der Waals surface area contributed by atoms with Crippen molar-refractivity contribution in [3.63, 3.8) is 0 Å². The van der Waals surface area contributed by atoms with Gasteiger partial charge in [-0.3, -0.25) is 0 Å². The number of aryl methyl sites for hydroxylation is 1. The Bertz CT molecular complexity index is 6880. The van der Waals surface area contributed by atoms with Crippen LogP contribution in [0.25, 0.3) is 44.2 Å². The summed E-state index contributed by atoms with van der Waals surface area (Å²) in [4.78, 5) is 49.6. The minimum absolute atomic E-state index is 0.0356. The number of sulfone groups is 4. The summed E-state index contributed by atoms with van der Waals surface area (Å²) in [6, 6.07) is 43.1. The molecule has 4 N–H and O–H groups in total. The number of methoxy groups -OCH3 is 1. The van der Waals surface area contributed by atoms with Gasteiger partial charge in [-0.15, -0.1) is 11.3 Å². The second-order valence-electron chi connectivity index (χ2n) is 29.3. The van der Waals surface area contributed by atoms with Crippen molar-refractivity contribution in [2.45, 2.75) is 118 Å². The summed E-state index contributed by atoms with van der Waals surface area (Å²) in [7, 11) is -14.8. The van der Waals surface area contributed by atoms with Crippen LogP contribution in [0.5, 0.6) is 5.75 Å². The van der Waals surface area contributed by atoms with Gasteiger partial charge in [0.15, 0.2) is 39.3 Å². The normalized spacial score (nSPS) is 13.8. The molecule has 8 aromatic carbocycles. The van der Waals surface area contributed by atoms with Gasteiger partial charge in [0.2, 0.25) is 0 Å². The van der Waals surface area contributed by atoms with Crippen LogP contribution in [0.1, 0.15) is 171 Å². The number of aromatic nitrogens is 5. The third-order valence-corrected chi connectivity index (χ3v) is 28.5. The van der Waals surface area contributed by atoms with Crippen LogP contribution in [0.3, 0.4) is 0 Å². The van der Waals surface area contributed by atoms with E-state index in [9.17, 15) is 96.3 Å². The first-order valence-corrected chi connectivity index (χ1v) is 45.6. The largest absolute Gasteiger partial charge is 0.495 e. The maximum atomic E-state index is 14.2. The Morgan fingerprint density at radius 1 is 0.556 bits per heavy atom. The molecule has 0 unspecified atom stereocenters. The number of nitrogens with zero attached hydrogens (tertiary/aromatic N) is 7. The van der Waals surface area contributed by atoms with E-state index in [4.69, 9.17) is 26.0 Å². The lowest BCUT2D eigenvalue weighted by molar-refractivity contribution is -0.140. The first kappa shape index (κ1) is 88.7. The van der Waals surface area contributed by atoms with Crippen molar-refractivity contribution in [1.82, 2.24) is 24.9 Å². The molecule has 0 radical (unpaired) electrons. The maximum Gasteiger partial charge on any atom is 0.419 e. The zero-order valence-corrected chi connectivity index (χ0v) is 70.1. The number of carbonyl (C=O) groups is 4. The molecule has 0 amide bonds. The fourth-order valence-electron chi connectivity index (χ4n) is 14.1. The van der Waals surface area contributed by atoms with Crippen LogP contribution in [-0.2, 0) is 68.5 Å². The zero-order chi connectivity index (χ0) is 88.9. The molecule has 4 heterocycles. The molecule has 12 aromatic rings. The Morgan fingerprint density at radius 3 is 1.45 bits per heavy atom. The lowest BCUT2D eigenvalue weighted by atomic mass is 9.95. The van der Waals surface area contributed by atoms with Gasteiger partial charge in [0.1, 0.15) is 27.2 Å². The summed E-state index contributed by atoms with van der Waals surface area (Å²) in [5.74, 6) is -7.50. The van der Waals surface area contributed by atoms with E-state index in [1.165, 1.54) is 96.2 Å². The van der Waals surface area contributed by atoms with Crippen molar-refractivity contribution in [2.75, 3.05) is 7.11 Å². The number of halogens is 5. The number of allylic oxidation sites excluding steroid dienone is 4. The van der Waals surface area contributed by atoms with Gasteiger partial charge in [0, 0.05) is 58.3 Å². The highest BCUT2D eigenvalue weighted by Crippen LogP contribution is 2.48. The molecule has 124 heavy (non-hydrogen) atoms. The van der Waals surface area contributed by atoms with Gasteiger partial charge in [-0.05, 0) is 246 Å². The number of thiazole rings is 1. The lowest BCUT2D eigenvalue weighted by Gasteiger charge is -2.17. The van der Waals surface area contributed by atoms with E-state index in [0.29, 0.717) is 95.7 Å². The number of benzene rings is 8. The van der Waals surface area contributed by atoms with E-state index in [-0.39, 0.29) is 89.0 Å². The Kier molecular flexibility index (Phi) is 26.1. The van der Waals surface area contributed by atoms with E-state index >= 15 is 0 Å². The summed E-state index contributed by atoms with van der Waals surface area (Å²) >= 11 is 7.58. The first-order valence-electron chi connectivity index (χ1n) is 37.8. The average molecular weight is 1800 g/mol. The molecule has 3 saturated carbocycles. The molecule has 4 aromatic heterocycles. The van der Waals surface area contributed by atoms with Crippen molar-refractivity contribution < 1.29 is 100 Å². The highest BCUT2D eigenvalue weighted by atomic mass is 35.5. The molecule has 0 spiro atoms. The molecular weight excluding hydrogens is 1730 g/mol. The Morgan fingerprint density at radius 2 is 1.02 bits per heavy atom. The number of ether oxygens (including phenoxy) is 1. The number of nitriles is 2. The average Bonchev–Trinajstić information content (AvgIpc) is 1.55. The smallest absolute Gasteiger partial charge is 0.419 e. The van der Waals surface area contributed by atoms with Crippen molar-refractivity contribution in [2.24, 2.45) is 0 Å². The Balaban J connectivity index is 0.000000142. The number of hydrogen-bond donors (Lipinski definition) is 4. The van der Waals surface area contributed by atoms with Gasteiger partial charge < -0.3 is 34.3 Å². The van der Waals surface area contributed by atoms with Crippen molar-refractivity contribution in [3.8, 4) is 56.5 Å². The van der Waals surface area contributed by atoms with Crippen LogP contribution in [0.4, 0.5) is 17.6 Å². The summed E-state index contributed by atoms with van der Waals surface area (Å²) in [5.41, 5.74) is 6.69. The monoisotopic (exact) mass is 1800 g/mol. The van der Waals surface area contributed by atoms with Crippen LogP contribution in [0.2, 0.25) is 0 Å². The molecule has 0 bridgehead atoms. The molecule has 0 saturated heterocycles. The van der Waals surface area contributed by atoms with Gasteiger partial charge in [-0.1, -0.05) is 65.3 Å². The first-order chi connectivity index (χ1) is 58.9. The number of hydrogen-bond acceptors (Lipinski definition) is 21. The van der Waals surface area contributed by atoms with Crippen LogP contribution in [0, 0.1) is 35.4 Å². The third-order valence-electron chi connectivity index (χ3n) is 20.6. The summed E-state index contributed by atoms with van der Waals surface area (Å²) in [5, 5.41) is 70.6. The summed E-state index contributed by atoms with van der Waals surface area (Å²) < 4.78 is 172. The molecule has 634 valence electrons. The molecule has 35 heteroatoms. The van der Waals surface area contributed by atoms with Gasteiger partial charge in [-0.2, -0.15) is 33.9 Å². The molecule has 4 aliphatic carbocycles. The minimum Gasteiger partial charge on any atom is -0.495 e. The fourth-order valence-corrected chi connectivity index (χ4v) is 21.7. The van der Waals surface area contributed by atoms with E-state index in [0.717, 1.165) is 79.0 Å². The standard InChI is InChI=1S/C26H22ClNO5S.C22H17N3O4S.C21H16N2O4S2.C20H15F4NO5S/c1-15-24(13-28-33-15)17-5-8-22(18-4-7-21(27)11-18)20(10-17)14-34(31,32)25-12-19(26(29)30)6-9-23(25)16-2-3-16;23-12-14-3-7-18(20-2-1-9-24-25-20)17(10-14)13-30(28,29)21-11-16(22(26)27)6-8-19(21)15-4-5-15;22-11-13-1-5-18(20-23-7-8-28-20)16(9-13)12-29(26,27)19-10-15(21(24)25)4-6-17(19)14-2-3-14;1-30-17-5-4-12(19(26)27)9-18(17)31(28,29)11-13-8-14(20(22,23)24)15(21)10-16(13)25-6-2-3-7-25/h4-10,12-13,16H,2-3,11,14H2,1H3,(H,29,30);1-3,6-11,15H,4-5,13H2,(H,26,27);1,4-10,14H,2-3,12H2,(H,24,25);2-10H,11H2,1H3,(H,26,27). The van der Waals surface area contributed by atoms with Crippen molar-refractivity contribution >= 4 is 91.7 Å². The van der Waals surface area contributed by atoms with Crippen LogP contribution in [0.15, 0.2) is 241 Å². The van der Waals surface area contributed by atoms with E-state index in [1.54, 1.807) is 85.4 Å². The highest BCUT2D eigenvalue weighted by molar-refractivity contribution is 7.91. The topological polar surface area (TPSA) is 412 Å². The second-order valence-corrected chi connectivity index (χ2v) is 38.5. The van der Waals surface area contributed by atoms with Gasteiger partial charge in [-0.25, -0.2) is 62.2 Å². The molecule has 3 fully saturated rings. The molecule has 25 nitrogen and oxygen atoms in total. The molecule has 4 aliphatic rings. The fraction of sp³-hybridized carbons (Fsp3) is 0.191. The predicted octanol–water partition coefficient (Wildman–Crippen LogP) is 18.2.